The van der Waals surface area contributed by atoms with Gasteiger partial charge in [-0.25, -0.2) is 8.42 Å². The molecule has 1 amide bonds. The van der Waals surface area contributed by atoms with E-state index in [4.69, 9.17) is 14.2 Å². The number of hydrogen-bond donors (Lipinski definition) is 1. The van der Waals surface area contributed by atoms with Gasteiger partial charge in [0.25, 0.3) is 15.9 Å². The highest BCUT2D eigenvalue weighted by atomic mass is 32.2. The minimum absolute atomic E-state index is 0.0967. The molecule has 0 radical (unpaired) electrons. The normalized spacial score (nSPS) is 15.4. The van der Waals surface area contributed by atoms with Gasteiger partial charge in [-0.3, -0.25) is 14.4 Å². The van der Waals surface area contributed by atoms with Crippen LogP contribution in [0.4, 0.5) is 5.69 Å². The van der Waals surface area contributed by atoms with E-state index < -0.39 is 10.0 Å². The minimum Gasteiger partial charge on any atom is -0.484 e. The lowest BCUT2D eigenvalue weighted by atomic mass is 10.1. The summed E-state index contributed by atoms with van der Waals surface area (Å²) in [6, 6.07) is 19.2. The number of nitrogens with zero attached hydrogens (tertiary/aromatic N) is 2. The van der Waals surface area contributed by atoms with Crippen LogP contribution < -0.4 is 18.9 Å². The van der Waals surface area contributed by atoms with Gasteiger partial charge in [0.2, 0.25) is 6.79 Å². The Kier molecular flexibility index (Phi) is 7.20. The number of carbonyl (C=O) groups excluding carboxylic acids is 1. The van der Waals surface area contributed by atoms with Crippen molar-refractivity contribution in [3.8, 4) is 17.2 Å². The van der Waals surface area contributed by atoms with Gasteiger partial charge in [-0.1, -0.05) is 18.2 Å². The maximum atomic E-state index is 12.7. The summed E-state index contributed by atoms with van der Waals surface area (Å²) >= 11 is 0. The summed E-state index contributed by atoms with van der Waals surface area (Å²) in [4.78, 5) is 16.9. The van der Waals surface area contributed by atoms with E-state index in [9.17, 15) is 13.2 Å². The van der Waals surface area contributed by atoms with Crippen LogP contribution in [0.2, 0.25) is 0 Å². The molecule has 1 fully saturated rings. The zero-order valence-electron chi connectivity index (χ0n) is 20.6. The molecule has 2 aliphatic rings. The van der Waals surface area contributed by atoms with Crippen molar-refractivity contribution in [3.63, 3.8) is 0 Å². The topological polar surface area (TPSA) is 97.4 Å². The zero-order valence-corrected chi connectivity index (χ0v) is 21.4. The highest BCUT2D eigenvalue weighted by Crippen LogP contribution is 2.33. The fraction of sp³-hybridized carbons (Fsp3) is 0.296. The molecule has 0 atom stereocenters. The molecule has 0 bridgehead atoms. The van der Waals surface area contributed by atoms with Crippen molar-refractivity contribution in [2.45, 2.75) is 18.4 Å². The van der Waals surface area contributed by atoms with Gasteiger partial charge in [-0.2, -0.15) is 0 Å². The number of nitrogens with one attached hydrogen (secondary N) is 1. The summed E-state index contributed by atoms with van der Waals surface area (Å²) in [6.07, 6.45) is 0. The number of hydrogen-bond acceptors (Lipinski definition) is 7. The Bertz CT molecular complexity index is 1370. The molecule has 1 N–H and O–H groups in total. The van der Waals surface area contributed by atoms with Crippen molar-refractivity contribution in [1.82, 2.24) is 9.80 Å². The molecule has 10 heteroatoms. The van der Waals surface area contributed by atoms with Crippen LogP contribution in [-0.2, 0) is 21.4 Å². The maximum Gasteiger partial charge on any atom is 0.261 e. The quantitative estimate of drug-likeness (QED) is 0.484. The summed E-state index contributed by atoms with van der Waals surface area (Å²) in [7, 11) is -3.72. The zero-order chi connectivity index (χ0) is 25.8. The molecule has 3 aromatic rings. The van der Waals surface area contributed by atoms with Gasteiger partial charge in [0, 0.05) is 38.4 Å². The van der Waals surface area contributed by atoms with Gasteiger partial charge >= 0.3 is 0 Å². The fourth-order valence-corrected chi connectivity index (χ4v) is 5.38. The number of fused-ring (bicyclic) bond motifs is 1. The highest BCUT2D eigenvalue weighted by molar-refractivity contribution is 7.92. The van der Waals surface area contributed by atoms with Crippen molar-refractivity contribution in [2.75, 3.05) is 44.3 Å². The van der Waals surface area contributed by atoms with E-state index in [1.165, 1.54) is 12.1 Å². The van der Waals surface area contributed by atoms with Crippen molar-refractivity contribution < 1.29 is 27.4 Å². The molecule has 2 aliphatic heterocycles. The lowest BCUT2D eigenvalue weighted by Crippen LogP contribution is -2.49. The van der Waals surface area contributed by atoms with Gasteiger partial charge in [-0.05, 0) is 66.6 Å². The molecule has 0 aromatic heterocycles. The Labute approximate surface area is 216 Å². The van der Waals surface area contributed by atoms with E-state index in [0.29, 0.717) is 24.5 Å². The number of carbonyl (C=O) groups is 1. The average Bonchev–Trinajstić information content (AvgIpc) is 3.36. The molecule has 0 aliphatic carbocycles. The Morgan fingerprint density at radius 3 is 2.46 bits per heavy atom. The van der Waals surface area contributed by atoms with Crippen molar-refractivity contribution in [2.24, 2.45) is 0 Å². The summed E-state index contributed by atoms with van der Waals surface area (Å²) in [5, 5.41) is 0. The third-order valence-electron chi connectivity index (χ3n) is 6.33. The van der Waals surface area contributed by atoms with Crippen LogP contribution in [0, 0.1) is 6.92 Å². The van der Waals surface area contributed by atoms with Crippen LogP contribution in [0.15, 0.2) is 71.6 Å². The van der Waals surface area contributed by atoms with Crippen LogP contribution in [-0.4, -0.2) is 63.7 Å². The van der Waals surface area contributed by atoms with E-state index in [-0.39, 0.29) is 24.2 Å². The molecule has 0 saturated carbocycles. The Morgan fingerprint density at radius 2 is 1.70 bits per heavy atom. The molecule has 2 heterocycles. The second-order valence-electron chi connectivity index (χ2n) is 9.08. The van der Waals surface area contributed by atoms with E-state index >= 15 is 0 Å². The van der Waals surface area contributed by atoms with Crippen molar-refractivity contribution >= 4 is 21.6 Å². The first-order valence-corrected chi connectivity index (χ1v) is 13.5. The molecule has 1 saturated heterocycles. The van der Waals surface area contributed by atoms with Crippen molar-refractivity contribution in [1.29, 1.82) is 0 Å². The van der Waals surface area contributed by atoms with Crippen molar-refractivity contribution in [3.05, 3.63) is 77.9 Å². The van der Waals surface area contributed by atoms with Crippen LogP contribution in [0.1, 0.15) is 11.1 Å². The third-order valence-corrected chi connectivity index (χ3v) is 7.73. The SMILES string of the molecule is Cc1cccc(NS(=O)(=O)c2ccc(OCC(=O)N3CCN(Cc4ccc5c(c4)OCO5)CC3)cc2)c1. The summed E-state index contributed by atoms with van der Waals surface area (Å²) < 4.78 is 44.3. The highest BCUT2D eigenvalue weighted by Gasteiger charge is 2.22. The molecule has 37 heavy (non-hydrogen) atoms. The average molecular weight is 524 g/mol. The first kappa shape index (κ1) is 24.9. The molecular formula is C27H29N3O6S. The number of aryl methyl sites for hydroxylation is 1. The second-order valence-corrected chi connectivity index (χ2v) is 10.8. The first-order chi connectivity index (χ1) is 17.9. The van der Waals surface area contributed by atoms with Gasteiger partial charge in [0.15, 0.2) is 18.1 Å². The summed E-state index contributed by atoms with van der Waals surface area (Å²) in [6.45, 7) is 5.60. The lowest BCUT2D eigenvalue weighted by molar-refractivity contribution is -0.135. The van der Waals surface area contributed by atoms with E-state index in [0.717, 1.165) is 42.3 Å². The van der Waals surface area contributed by atoms with Gasteiger partial charge in [-0.15, -0.1) is 0 Å². The van der Waals surface area contributed by atoms with E-state index in [1.807, 2.05) is 31.2 Å². The number of rotatable bonds is 8. The number of ether oxygens (including phenoxy) is 3. The second kappa shape index (κ2) is 10.7. The summed E-state index contributed by atoms with van der Waals surface area (Å²) in [5.74, 6) is 1.89. The van der Waals surface area contributed by atoms with Crippen LogP contribution in [0.3, 0.4) is 0 Å². The Balaban J connectivity index is 1.08. The molecule has 194 valence electrons. The number of amides is 1. The predicted molar refractivity (Wildman–Crippen MR) is 138 cm³/mol. The van der Waals surface area contributed by atoms with Crippen LogP contribution >= 0.6 is 0 Å². The largest absolute Gasteiger partial charge is 0.484 e. The van der Waals surface area contributed by atoms with Crippen LogP contribution in [0.25, 0.3) is 0 Å². The molecule has 0 spiro atoms. The molecule has 0 unspecified atom stereocenters. The van der Waals surface area contributed by atoms with Gasteiger partial charge < -0.3 is 19.1 Å². The number of benzene rings is 3. The number of sulfonamides is 1. The standard InChI is InChI=1S/C27H29N3O6S/c1-20-3-2-4-22(15-20)28-37(32,33)24-8-6-23(7-9-24)34-18-27(31)30-13-11-29(12-14-30)17-21-5-10-25-26(16-21)36-19-35-25/h2-10,15-16,28H,11-14,17-19H2,1H3. The predicted octanol–water partition coefficient (Wildman–Crippen LogP) is 3.25. The number of anilines is 1. The minimum atomic E-state index is -3.72. The lowest BCUT2D eigenvalue weighted by Gasteiger charge is -2.34. The molecule has 3 aromatic carbocycles. The first-order valence-electron chi connectivity index (χ1n) is 12.1. The van der Waals surface area contributed by atoms with E-state index in [2.05, 4.69) is 9.62 Å². The molecular weight excluding hydrogens is 494 g/mol. The molecule has 9 nitrogen and oxygen atoms in total. The van der Waals surface area contributed by atoms with Gasteiger partial charge in [0.05, 0.1) is 4.90 Å². The summed E-state index contributed by atoms with van der Waals surface area (Å²) in [5.41, 5.74) is 2.61. The smallest absolute Gasteiger partial charge is 0.261 e. The van der Waals surface area contributed by atoms with E-state index in [1.54, 1.807) is 35.2 Å². The van der Waals surface area contributed by atoms with Gasteiger partial charge in [0.1, 0.15) is 5.75 Å². The molecule has 5 rings (SSSR count). The maximum absolute atomic E-state index is 12.7. The Morgan fingerprint density at radius 1 is 0.946 bits per heavy atom. The Hall–Kier alpha value is -3.76. The van der Waals surface area contributed by atoms with Crippen LogP contribution in [0.5, 0.6) is 17.2 Å². The monoisotopic (exact) mass is 523 g/mol. The third kappa shape index (κ3) is 6.15. The fourth-order valence-electron chi connectivity index (χ4n) is 4.33. The number of piperazine rings is 1.